The van der Waals surface area contributed by atoms with Crippen molar-refractivity contribution in [3.05, 3.63) is 76.9 Å². The van der Waals surface area contributed by atoms with E-state index in [4.69, 9.17) is 0 Å². The number of rotatable bonds is 2. The first kappa shape index (κ1) is 17.1. The van der Waals surface area contributed by atoms with Gasteiger partial charge in [0.1, 0.15) is 28.7 Å². The van der Waals surface area contributed by atoms with Crippen LogP contribution in [0.5, 0.6) is 28.7 Å². The summed E-state index contributed by atoms with van der Waals surface area (Å²) in [5, 5.41) is 60.7. The van der Waals surface area contributed by atoms with E-state index in [1.807, 2.05) is 0 Å². The fourth-order valence-electron chi connectivity index (χ4n) is 4.03. The maximum atomic E-state index is 11.0. The van der Waals surface area contributed by atoms with Gasteiger partial charge in [0, 0.05) is 29.5 Å². The lowest BCUT2D eigenvalue weighted by atomic mass is 9.80. The molecule has 0 bridgehead atoms. The largest absolute Gasteiger partial charge is 0.508 e. The average molecular weight is 366 g/mol. The smallest absolute Gasteiger partial charge is 0.123 e. The van der Waals surface area contributed by atoms with E-state index in [0.717, 1.165) is 0 Å². The van der Waals surface area contributed by atoms with E-state index in [-0.39, 0.29) is 28.7 Å². The minimum Gasteiger partial charge on any atom is -0.508 e. The molecule has 0 saturated carbocycles. The molecule has 0 heterocycles. The van der Waals surface area contributed by atoms with Crippen molar-refractivity contribution in [2.75, 3.05) is 0 Å². The Morgan fingerprint density at radius 3 is 1.81 bits per heavy atom. The van der Waals surface area contributed by atoms with Gasteiger partial charge < -0.3 is 30.6 Å². The van der Waals surface area contributed by atoms with Crippen molar-refractivity contribution >= 4 is 0 Å². The van der Waals surface area contributed by atoms with E-state index >= 15 is 0 Å². The summed E-state index contributed by atoms with van der Waals surface area (Å²) >= 11 is 0. The van der Waals surface area contributed by atoms with Gasteiger partial charge >= 0.3 is 0 Å². The molecule has 4 rings (SSSR count). The SMILES string of the molecule is Oc1ccc([C@@H]2[C@@H](c3cc(O)cc(O)c3)c3c(O)cc(O)cc3[C@H]2O)cc1. The minimum atomic E-state index is -1.04. The van der Waals surface area contributed by atoms with Gasteiger partial charge in [-0.25, -0.2) is 0 Å². The van der Waals surface area contributed by atoms with Crippen molar-refractivity contribution in [2.24, 2.45) is 0 Å². The zero-order valence-corrected chi connectivity index (χ0v) is 14.1. The zero-order chi connectivity index (χ0) is 19.3. The van der Waals surface area contributed by atoms with Crippen LogP contribution in [-0.4, -0.2) is 30.6 Å². The van der Waals surface area contributed by atoms with Crippen LogP contribution in [0, 0.1) is 0 Å². The Labute approximate surface area is 154 Å². The molecule has 0 saturated heterocycles. The van der Waals surface area contributed by atoms with E-state index in [1.165, 1.54) is 42.5 Å². The fraction of sp³-hybridized carbons (Fsp3) is 0.143. The van der Waals surface area contributed by atoms with E-state index in [2.05, 4.69) is 0 Å². The molecule has 1 aliphatic carbocycles. The van der Waals surface area contributed by atoms with Gasteiger partial charge in [0.2, 0.25) is 0 Å². The first-order chi connectivity index (χ1) is 12.8. The lowest BCUT2D eigenvalue weighted by Gasteiger charge is -2.24. The molecular formula is C21H18O6. The van der Waals surface area contributed by atoms with Crippen LogP contribution in [0.1, 0.15) is 40.2 Å². The molecular weight excluding hydrogens is 348 g/mol. The number of aromatic hydroxyl groups is 5. The number of phenolic OH excluding ortho intramolecular Hbond substituents is 5. The topological polar surface area (TPSA) is 121 Å². The Morgan fingerprint density at radius 1 is 0.593 bits per heavy atom. The second-order valence-electron chi connectivity index (χ2n) is 6.79. The average Bonchev–Trinajstić information content (AvgIpc) is 2.88. The quantitative estimate of drug-likeness (QED) is 0.414. The van der Waals surface area contributed by atoms with Crippen LogP contribution in [0.15, 0.2) is 54.6 Å². The summed E-state index contributed by atoms with van der Waals surface area (Å²) < 4.78 is 0. The molecule has 0 fully saturated rings. The van der Waals surface area contributed by atoms with Crippen LogP contribution in [0.2, 0.25) is 0 Å². The summed E-state index contributed by atoms with van der Waals surface area (Å²) in [5.74, 6) is -1.71. The van der Waals surface area contributed by atoms with Crippen molar-refractivity contribution in [2.45, 2.75) is 17.9 Å². The lowest BCUT2D eigenvalue weighted by molar-refractivity contribution is 0.152. The molecule has 138 valence electrons. The highest BCUT2D eigenvalue weighted by molar-refractivity contribution is 5.59. The van der Waals surface area contributed by atoms with Crippen molar-refractivity contribution in [3.63, 3.8) is 0 Å². The standard InChI is InChI=1S/C21H18O6/c22-12-3-1-10(2-4-12)19-18(11-5-13(23)7-14(24)6-11)20-16(21(19)27)8-15(25)9-17(20)26/h1-9,18-19,21-27H/t18-,19-,21-/m1/s1. The first-order valence-corrected chi connectivity index (χ1v) is 8.41. The summed E-state index contributed by atoms with van der Waals surface area (Å²) in [6, 6.07) is 13.1. The van der Waals surface area contributed by atoms with Gasteiger partial charge in [-0.3, -0.25) is 0 Å². The van der Waals surface area contributed by atoms with Gasteiger partial charge in [0.05, 0.1) is 6.10 Å². The van der Waals surface area contributed by atoms with E-state index in [0.29, 0.717) is 22.3 Å². The third-order valence-corrected chi connectivity index (χ3v) is 5.07. The maximum Gasteiger partial charge on any atom is 0.123 e. The monoisotopic (exact) mass is 366 g/mol. The number of aliphatic hydroxyl groups is 1. The summed E-state index contributed by atoms with van der Waals surface area (Å²) in [6.45, 7) is 0. The van der Waals surface area contributed by atoms with Crippen molar-refractivity contribution in [3.8, 4) is 28.7 Å². The van der Waals surface area contributed by atoms with Gasteiger partial charge in [-0.2, -0.15) is 0 Å². The Balaban J connectivity index is 1.96. The highest BCUT2D eigenvalue weighted by Crippen LogP contribution is 2.57. The molecule has 27 heavy (non-hydrogen) atoms. The summed E-state index contributed by atoms with van der Waals surface area (Å²) in [7, 11) is 0. The van der Waals surface area contributed by atoms with E-state index in [9.17, 15) is 30.6 Å². The molecule has 0 radical (unpaired) electrons. The highest BCUT2D eigenvalue weighted by atomic mass is 16.3. The normalized spacial score (nSPS) is 21.1. The number of hydrogen-bond acceptors (Lipinski definition) is 6. The Hall–Kier alpha value is -3.38. The van der Waals surface area contributed by atoms with Crippen molar-refractivity contribution in [1.29, 1.82) is 0 Å². The Bertz CT molecular complexity index is 992. The molecule has 3 aromatic rings. The van der Waals surface area contributed by atoms with Crippen LogP contribution >= 0.6 is 0 Å². The Morgan fingerprint density at radius 2 is 1.19 bits per heavy atom. The van der Waals surface area contributed by atoms with Crippen LogP contribution < -0.4 is 0 Å². The van der Waals surface area contributed by atoms with E-state index < -0.39 is 17.9 Å². The molecule has 0 aliphatic heterocycles. The third kappa shape index (κ3) is 2.80. The van der Waals surface area contributed by atoms with E-state index in [1.54, 1.807) is 12.1 Å². The van der Waals surface area contributed by atoms with Crippen molar-refractivity contribution in [1.82, 2.24) is 0 Å². The first-order valence-electron chi connectivity index (χ1n) is 8.41. The number of hydrogen-bond donors (Lipinski definition) is 6. The predicted octanol–water partition coefficient (Wildman–Crippen LogP) is 3.18. The zero-order valence-electron chi connectivity index (χ0n) is 14.1. The molecule has 3 atom stereocenters. The number of fused-ring (bicyclic) bond motifs is 1. The van der Waals surface area contributed by atoms with Gasteiger partial charge in [-0.15, -0.1) is 0 Å². The minimum absolute atomic E-state index is 0.0794. The van der Waals surface area contributed by atoms with Crippen molar-refractivity contribution < 1.29 is 30.6 Å². The molecule has 0 amide bonds. The second-order valence-corrected chi connectivity index (χ2v) is 6.79. The van der Waals surface area contributed by atoms with Crippen LogP contribution in [0.4, 0.5) is 0 Å². The number of phenols is 5. The van der Waals surface area contributed by atoms with Crippen LogP contribution in [0.3, 0.4) is 0 Å². The lowest BCUT2D eigenvalue weighted by Crippen LogP contribution is -2.11. The van der Waals surface area contributed by atoms with Crippen LogP contribution in [0.25, 0.3) is 0 Å². The van der Waals surface area contributed by atoms with Gasteiger partial charge in [-0.05, 0) is 47.0 Å². The predicted molar refractivity (Wildman–Crippen MR) is 97.2 cm³/mol. The molecule has 3 aromatic carbocycles. The summed E-state index contributed by atoms with van der Waals surface area (Å²) in [5.41, 5.74) is 1.99. The number of benzene rings is 3. The molecule has 6 N–H and O–H groups in total. The fourth-order valence-corrected chi connectivity index (χ4v) is 4.03. The van der Waals surface area contributed by atoms with Crippen LogP contribution in [-0.2, 0) is 0 Å². The highest BCUT2D eigenvalue weighted by Gasteiger charge is 2.44. The Kier molecular flexibility index (Phi) is 3.86. The molecule has 6 heteroatoms. The molecule has 6 nitrogen and oxygen atoms in total. The number of aliphatic hydroxyl groups excluding tert-OH is 1. The summed E-state index contributed by atoms with van der Waals surface area (Å²) in [6.07, 6.45) is -1.04. The van der Waals surface area contributed by atoms with Gasteiger partial charge in [0.25, 0.3) is 0 Å². The van der Waals surface area contributed by atoms with Gasteiger partial charge in [0.15, 0.2) is 0 Å². The third-order valence-electron chi connectivity index (χ3n) is 5.07. The molecule has 0 aromatic heterocycles. The molecule has 0 spiro atoms. The second kappa shape index (κ2) is 6.10. The molecule has 0 unspecified atom stereocenters. The van der Waals surface area contributed by atoms with Gasteiger partial charge in [-0.1, -0.05) is 12.1 Å². The molecule has 1 aliphatic rings. The summed E-state index contributed by atoms with van der Waals surface area (Å²) in [4.78, 5) is 0. The maximum absolute atomic E-state index is 11.0.